The Kier molecular flexibility index (Phi) is 5.18. The first-order chi connectivity index (χ1) is 7.27. The minimum atomic E-state index is 0.637. The maximum Gasteiger partial charge on any atom is 0.144 e. The standard InChI is InChI=1S/C11H18N2OS/c1-3-14-11-8-9(4-5-10(11)12)13-6-7-15-2/h4-5,8,13H,3,6-7,12H2,1-2H3. The minimum Gasteiger partial charge on any atom is -0.492 e. The van der Waals surface area contributed by atoms with Gasteiger partial charge >= 0.3 is 0 Å². The quantitative estimate of drug-likeness (QED) is 0.578. The Morgan fingerprint density at radius 2 is 2.27 bits per heavy atom. The van der Waals surface area contributed by atoms with Crippen LogP contribution in [0, 0.1) is 0 Å². The van der Waals surface area contributed by atoms with Gasteiger partial charge in [0.15, 0.2) is 0 Å². The molecule has 4 heteroatoms. The predicted octanol–water partition coefficient (Wildman–Crippen LogP) is 2.44. The molecule has 0 saturated carbocycles. The summed E-state index contributed by atoms with van der Waals surface area (Å²) in [5.74, 6) is 1.85. The van der Waals surface area contributed by atoms with Gasteiger partial charge < -0.3 is 15.8 Å². The summed E-state index contributed by atoms with van der Waals surface area (Å²) >= 11 is 1.82. The first-order valence-corrected chi connectivity index (χ1v) is 6.42. The van der Waals surface area contributed by atoms with Crippen LogP contribution in [0.4, 0.5) is 11.4 Å². The highest BCUT2D eigenvalue weighted by atomic mass is 32.2. The van der Waals surface area contributed by atoms with E-state index in [4.69, 9.17) is 10.5 Å². The Morgan fingerprint density at radius 3 is 2.93 bits per heavy atom. The van der Waals surface area contributed by atoms with Crippen LogP contribution in [0.25, 0.3) is 0 Å². The Morgan fingerprint density at radius 1 is 1.47 bits per heavy atom. The summed E-state index contributed by atoms with van der Waals surface area (Å²) in [7, 11) is 0. The minimum absolute atomic E-state index is 0.637. The number of nitrogen functional groups attached to an aromatic ring is 1. The van der Waals surface area contributed by atoms with Gasteiger partial charge in [-0.2, -0.15) is 11.8 Å². The molecular weight excluding hydrogens is 208 g/mol. The molecule has 0 atom stereocenters. The van der Waals surface area contributed by atoms with Crippen LogP contribution in [0.15, 0.2) is 18.2 Å². The highest BCUT2D eigenvalue weighted by molar-refractivity contribution is 7.98. The number of hydrogen-bond acceptors (Lipinski definition) is 4. The topological polar surface area (TPSA) is 47.3 Å². The molecule has 0 spiro atoms. The fourth-order valence-electron chi connectivity index (χ4n) is 1.22. The van der Waals surface area contributed by atoms with Gasteiger partial charge in [0, 0.05) is 24.1 Å². The highest BCUT2D eigenvalue weighted by Gasteiger charge is 2.00. The first-order valence-electron chi connectivity index (χ1n) is 5.03. The molecule has 0 unspecified atom stereocenters. The largest absolute Gasteiger partial charge is 0.492 e. The normalized spacial score (nSPS) is 10.0. The van der Waals surface area contributed by atoms with Crippen molar-refractivity contribution in [3.63, 3.8) is 0 Å². The summed E-state index contributed by atoms with van der Waals surface area (Å²) in [5.41, 5.74) is 7.52. The average Bonchev–Trinajstić information content (AvgIpc) is 2.23. The van der Waals surface area contributed by atoms with Crippen molar-refractivity contribution in [1.29, 1.82) is 0 Å². The van der Waals surface area contributed by atoms with Gasteiger partial charge in [-0.05, 0) is 25.3 Å². The van der Waals surface area contributed by atoms with Crippen LogP contribution in [-0.2, 0) is 0 Å². The van der Waals surface area contributed by atoms with Gasteiger partial charge in [-0.3, -0.25) is 0 Å². The third kappa shape index (κ3) is 3.91. The van der Waals surface area contributed by atoms with E-state index in [0.29, 0.717) is 12.3 Å². The molecular formula is C11H18N2OS. The molecule has 0 fully saturated rings. The molecule has 0 aliphatic heterocycles. The van der Waals surface area contributed by atoms with Crippen LogP contribution < -0.4 is 15.8 Å². The summed E-state index contributed by atoms with van der Waals surface area (Å²) < 4.78 is 5.41. The molecule has 0 aliphatic rings. The molecule has 1 aromatic carbocycles. The van der Waals surface area contributed by atoms with Gasteiger partial charge in [0.2, 0.25) is 0 Å². The average molecular weight is 226 g/mol. The Labute approximate surface area is 95.4 Å². The van der Waals surface area contributed by atoms with Crippen LogP contribution in [0.3, 0.4) is 0 Å². The van der Waals surface area contributed by atoms with Gasteiger partial charge in [0.25, 0.3) is 0 Å². The number of thioether (sulfide) groups is 1. The number of anilines is 2. The SMILES string of the molecule is CCOc1cc(NCCSC)ccc1N. The van der Waals surface area contributed by atoms with Crippen LogP contribution in [0.2, 0.25) is 0 Å². The molecule has 0 saturated heterocycles. The molecule has 3 nitrogen and oxygen atoms in total. The number of ether oxygens (including phenoxy) is 1. The summed E-state index contributed by atoms with van der Waals surface area (Å²) in [6.45, 7) is 3.54. The Balaban J connectivity index is 2.61. The third-order valence-corrected chi connectivity index (χ3v) is 2.56. The lowest BCUT2D eigenvalue weighted by Gasteiger charge is -2.10. The van der Waals surface area contributed by atoms with Crippen molar-refractivity contribution in [2.45, 2.75) is 6.92 Å². The van der Waals surface area contributed by atoms with Crippen LogP contribution in [0.5, 0.6) is 5.75 Å². The lowest BCUT2D eigenvalue weighted by molar-refractivity contribution is 0.342. The van der Waals surface area contributed by atoms with Crippen LogP contribution in [-0.4, -0.2) is 25.2 Å². The van der Waals surface area contributed by atoms with Crippen molar-refractivity contribution in [1.82, 2.24) is 0 Å². The van der Waals surface area contributed by atoms with E-state index in [1.54, 1.807) is 0 Å². The van der Waals surface area contributed by atoms with E-state index in [0.717, 1.165) is 23.7 Å². The number of benzene rings is 1. The van der Waals surface area contributed by atoms with Gasteiger partial charge in [0.1, 0.15) is 5.75 Å². The summed E-state index contributed by atoms with van der Waals surface area (Å²) in [6.07, 6.45) is 2.09. The van der Waals surface area contributed by atoms with E-state index in [2.05, 4.69) is 11.6 Å². The Bertz CT molecular complexity index is 305. The van der Waals surface area contributed by atoms with Gasteiger partial charge in [-0.25, -0.2) is 0 Å². The summed E-state index contributed by atoms with van der Waals surface area (Å²) in [6, 6.07) is 5.78. The lowest BCUT2D eigenvalue weighted by atomic mass is 10.2. The number of rotatable bonds is 6. The molecule has 3 N–H and O–H groups in total. The molecule has 0 amide bonds. The highest BCUT2D eigenvalue weighted by Crippen LogP contribution is 2.25. The fraction of sp³-hybridized carbons (Fsp3) is 0.455. The summed E-state index contributed by atoms with van der Waals surface area (Å²) in [5, 5.41) is 3.32. The maximum atomic E-state index is 5.77. The molecule has 0 aliphatic carbocycles. The van der Waals surface area contributed by atoms with Crippen molar-refractivity contribution < 1.29 is 4.74 Å². The maximum absolute atomic E-state index is 5.77. The van der Waals surface area contributed by atoms with E-state index in [-0.39, 0.29) is 0 Å². The van der Waals surface area contributed by atoms with Gasteiger partial charge in [-0.1, -0.05) is 0 Å². The van der Waals surface area contributed by atoms with Crippen molar-refractivity contribution in [3.8, 4) is 5.75 Å². The molecule has 0 heterocycles. The predicted molar refractivity (Wildman–Crippen MR) is 68.9 cm³/mol. The van der Waals surface area contributed by atoms with Crippen LogP contribution in [0.1, 0.15) is 6.92 Å². The second kappa shape index (κ2) is 6.45. The van der Waals surface area contributed by atoms with Crippen molar-refractivity contribution in [2.75, 3.05) is 36.2 Å². The monoisotopic (exact) mass is 226 g/mol. The number of hydrogen-bond donors (Lipinski definition) is 2. The van der Waals surface area contributed by atoms with Crippen molar-refractivity contribution in [3.05, 3.63) is 18.2 Å². The van der Waals surface area contributed by atoms with E-state index in [1.807, 2.05) is 36.9 Å². The molecule has 0 aromatic heterocycles. The van der Waals surface area contributed by atoms with Gasteiger partial charge in [0.05, 0.1) is 12.3 Å². The molecule has 84 valence electrons. The first kappa shape index (κ1) is 12.0. The molecule has 0 bridgehead atoms. The molecule has 1 rings (SSSR count). The zero-order valence-corrected chi connectivity index (χ0v) is 10.1. The van der Waals surface area contributed by atoms with E-state index in [1.165, 1.54) is 0 Å². The number of nitrogens with one attached hydrogen (secondary N) is 1. The molecule has 15 heavy (non-hydrogen) atoms. The Hall–Kier alpha value is -1.03. The van der Waals surface area contributed by atoms with E-state index >= 15 is 0 Å². The van der Waals surface area contributed by atoms with Crippen molar-refractivity contribution >= 4 is 23.1 Å². The fourth-order valence-corrected chi connectivity index (χ4v) is 1.53. The van der Waals surface area contributed by atoms with Crippen LogP contribution >= 0.6 is 11.8 Å². The van der Waals surface area contributed by atoms with Crippen molar-refractivity contribution in [2.24, 2.45) is 0 Å². The summed E-state index contributed by atoms with van der Waals surface area (Å²) in [4.78, 5) is 0. The van der Waals surface area contributed by atoms with E-state index in [9.17, 15) is 0 Å². The zero-order valence-electron chi connectivity index (χ0n) is 9.25. The second-order valence-corrected chi connectivity index (χ2v) is 4.09. The second-order valence-electron chi connectivity index (χ2n) is 3.11. The number of nitrogens with two attached hydrogens (primary N) is 1. The van der Waals surface area contributed by atoms with Gasteiger partial charge in [-0.15, -0.1) is 0 Å². The molecule has 1 aromatic rings. The lowest BCUT2D eigenvalue weighted by Crippen LogP contribution is -2.04. The zero-order chi connectivity index (χ0) is 11.1. The smallest absolute Gasteiger partial charge is 0.144 e. The van der Waals surface area contributed by atoms with E-state index < -0.39 is 0 Å². The molecule has 0 radical (unpaired) electrons. The third-order valence-electron chi connectivity index (χ3n) is 1.95.